The number of hydrogen-bond donors (Lipinski definition) is 1. The highest BCUT2D eigenvalue weighted by Crippen LogP contribution is 2.27. The lowest BCUT2D eigenvalue weighted by atomic mass is 9.94. The lowest BCUT2D eigenvalue weighted by Gasteiger charge is -2.14. The summed E-state index contributed by atoms with van der Waals surface area (Å²) in [7, 11) is -2.00. The molecule has 3 rings (SSSR count). The van der Waals surface area contributed by atoms with Crippen molar-refractivity contribution in [2.75, 3.05) is 12.9 Å². The van der Waals surface area contributed by atoms with Crippen molar-refractivity contribution in [2.45, 2.75) is 18.2 Å². The van der Waals surface area contributed by atoms with Crippen LogP contribution in [0.15, 0.2) is 33.0 Å². The average Bonchev–Trinajstić information content (AvgIpc) is 3.16. The number of benzene rings is 1. The number of oxime groups is 1. The van der Waals surface area contributed by atoms with Gasteiger partial charge in [0.25, 0.3) is 5.56 Å². The van der Waals surface area contributed by atoms with Crippen LogP contribution in [0.2, 0.25) is 0 Å². The molecular weight excluding hydrogens is 346 g/mol. The second-order valence-electron chi connectivity index (χ2n) is 5.90. The molecule has 0 amide bonds. The van der Waals surface area contributed by atoms with E-state index in [0.29, 0.717) is 35.4 Å². The molecular formula is C16H17N3O5S. The zero-order valence-corrected chi connectivity index (χ0v) is 14.8. The van der Waals surface area contributed by atoms with Crippen molar-refractivity contribution in [1.29, 1.82) is 0 Å². The zero-order chi connectivity index (χ0) is 18.4. The third-order valence-corrected chi connectivity index (χ3v) is 5.23. The number of carbonyl (C=O) groups excluding carboxylic acids is 1. The number of ketones is 1. The first kappa shape index (κ1) is 17.2. The summed E-state index contributed by atoms with van der Waals surface area (Å²) >= 11 is 0. The van der Waals surface area contributed by atoms with E-state index in [9.17, 15) is 18.0 Å². The van der Waals surface area contributed by atoms with Crippen LogP contribution in [0.1, 0.15) is 33.6 Å². The number of rotatable bonds is 4. The fourth-order valence-corrected chi connectivity index (χ4v) is 3.79. The van der Waals surface area contributed by atoms with Gasteiger partial charge in [0.15, 0.2) is 9.84 Å². The minimum absolute atomic E-state index is 0.104. The maximum atomic E-state index is 12.8. The van der Waals surface area contributed by atoms with E-state index in [-0.39, 0.29) is 16.1 Å². The van der Waals surface area contributed by atoms with Gasteiger partial charge in [-0.25, -0.2) is 8.42 Å². The molecule has 2 heterocycles. The lowest BCUT2D eigenvalue weighted by Crippen LogP contribution is -2.14. The number of nitrogens with zero attached hydrogens (tertiary/aromatic N) is 2. The van der Waals surface area contributed by atoms with Gasteiger partial charge in [0.2, 0.25) is 5.78 Å². The Morgan fingerprint density at radius 3 is 2.60 bits per heavy atom. The average molecular weight is 363 g/mol. The molecule has 25 heavy (non-hydrogen) atoms. The number of carbonyl (C=O) groups is 1. The van der Waals surface area contributed by atoms with Crippen molar-refractivity contribution >= 4 is 21.3 Å². The van der Waals surface area contributed by atoms with E-state index in [4.69, 9.17) is 4.84 Å². The Hall–Kier alpha value is -2.68. The van der Waals surface area contributed by atoms with Crippen LogP contribution < -0.4 is 5.56 Å². The number of hydrogen-bond acceptors (Lipinski definition) is 6. The number of sulfone groups is 1. The molecule has 0 atom stereocenters. The minimum atomic E-state index is -3.51. The van der Waals surface area contributed by atoms with Gasteiger partial charge in [-0.05, 0) is 24.6 Å². The van der Waals surface area contributed by atoms with Crippen LogP contribution in [-0.2, 0) is 21.7 Å². The summed E-state index contributed by atoms with van der Waals surface area (Å²) in [6.07, 6.45) is 1.57. The molecule has 0 fully saturated rings. The van der Waals surface area contributed by atoms with E-state index in [1.54, 1.807) is 6.92 Å². The van der Waals surface area contributed by atoms with Gasteiger partial charge in [-0.2, -0.15) is 0 Å². The highest BCUT2D eigenvalue weighted by molar-refractivity contribution is 7.90. The monoisotopic (exact) mass is 363 g/mol. The van der Waals surface area contributed by atoms with Crippen molar-refractivity contribution in [1.82, 2.24) is 9.78 Å². The summed E-state index contributed by atoms with van der Waals surface area (Å²) < 4.78 is 25.5. The summed E-state index contributed by atoms with van der Waals surface area (Å²) in [5.74, 6) is -0.393. The van der Waals surface area contributed by atoms with E-state index in [1.165, 1.54) is 29.9 Å². The summed E-state index contributed by atoms with van der Waals surface area (Å²) in [4.78, 5) is 29.4. The summed E-state index contributed by atoms with van der Waals surface area (Å²) in [5, 5.41) is 6.60. The van der Waals surface area contributed by atoms with Crippen LogP contribution in [-0.4, -0.2) is 42.6 Å². The van der Waals surface area contributed by atoms with E-state index in [1.807, 2.05) is 0 Å². The maximum absolute atomic E-state index is 12.8. The quantitative estimate of drug-likeness (QED) is 0.807. The Kier molecular flexibility index (Phi) is 4.11. The van der Waals surface area contributed by atoms with Crippen molar-refractivity contribution < 1.29 is 18.0 Å². The first-order chi connectivity index (χ1) is 11.7. The Labute approximate surface area is 144 Å². The van der Waals surface area contributed by atoms with E-state index in [2.05, 4.69) is 10.3 Å². The largest absolute Gasteiger partial charge is 0.395 e. The Balaban J connectivity index is 2.21. The van der Waals surface area contributed by atoms with Gasteiger partial charge >= 0.3 is 0 Å². The van der Waals surface area contributed by atoms with E-state index < -0.39 is 15.6 Å². The predicted octanol–water partition coefficient (Wildman–Crippen LogP) is 0.781. The molecule has 0 aliphatic carbocycles. The number of aryl methyl sites for hydroxylation is 1. The van der Waals surface area contributed by atoms with E-state index >= 15 is 0 Å². The molecule has 1 aliphatic heterocycles. The molecule has 1 aliphatic rings. The fraction of sp³-hybridized carbons (Fsp3) is 0.312. The highest BCUT2D eigenvalue weighted by Gasteiger charge is 2.26. The van der Waals surface area contributed by atoms with Crippen LogP contribution >= 0.6 is 0 Å². The Morgan fingerprint density at radius 1 is 1.36 bits per heavy atom. The van der Waals surface area contributed by atoms with Gasteiger partial charge in [0.05, 0.1) is 10.6 Å². The van der Waals surface area contributed by atoms with Crippen LogP contribution in [0, 0.1) is 6.92 Å². The van der Waals surface area contributed by atoms with Crippen LogP contribution in [0.3, 0.4) is 0 Å². The topological polar surface area (TPSA) is 111 Å². The van der Waals surface area contributed by atoms with Gasteiger partial charge in [-0.15, -0.1) is 0 Å². The van der Waals surface area contributed by atoms with Crippen LogP contribution in [0.5, 0.6) is 0 Å². The summed E-state index contributed by atoms with van der Waals surface area (Å²) in [6, 6.07) is 4.06. The number of aromatic nitrogens is 2. The van der Waals surface area contributed by atoms with Crippen LogP contribution in [0.4, 0.5) is 0 Å². The first-order valence-electron chi connectivity index (χ1n) is 7.53. The highest BCUT2D eigenvalue weighted by atomic mass is 32.2. The standard InChI is InChI=1S/C16H17N3O5S/c1-9-10(16(21)12-8-14(20)19(2)17-12)4-5-13(25(3,22)23)15(9)11-6-7-24-18-11/h4-5,8,17H,6-7H2,1-3H3. The summed E-state index contributed by atoms with van der Waals surface area (Å²) in [6.45, 7) is 2.03. The lowest BCUT2D eigenvalue weighted by molar-refractivity contribution is 0.103. The molecule has 132 valence electrons. The van der Waals surface area contributed by atoms with E-state index in [0.717, 1.165) is 6.26 Å². The molecule has 1 aromatic carbocycles. The molecule has 1 aromatic heterocycles. The fourth-order valence-electron chi connectivity index (χ4n) is 2.83. The minimum Gasteiger partial charge on any atom is -0.395 e. The predicted molar refractivity (Wildman–Crippen MR) is 90.9 cm³/mol. The molecule has 2 aromatic rings. The van der Waals surface area contributed by atoms with Gasteiger partial charge < -0.3 is 4.84 Å². The van der Waals surface area contributed by atoms with Crippen molar-refractivity contribution in [3.05, 3.63) is 50.9 Å². The second-order valence-corrected chi connectivity index (χ2v) is 7.88. The van der Waals surface area contributed by atoms with Gasteiger partial charge in [-0.1, -0.05) is 5.16 Å². The summed E-state index contributed by atoms with van der Waals surface area (Å²) in [5.41, 5.74) is 1.49. The SMILES string of the molecule is Cc1c(C(=O)c2cc(=O)n(C)[nH]2)ccc(S(C)(=O)=O)c1C1=NOCC1. The molecule has 0 unspecified atom stereocenters. The molecule has 0 bridgehead atoms. The number of aromatic amines is 1. The van der Waals surface area contributed by atoms with Gasteiger partial charge in [-0.3, -0.25) is 19.4 Å². The van der Waals surface area contributed by atoms with Crippen molar-refractivity contribution in [2.24, 2.45) is 12.2 Å². The maximum Gasteiger partial charge on any atom is 0.266 e. The second kappa shape index (κ2) is 5.99. The Bertz CT molecular complexity index is 1060. The normalized spacial score (nSPS) is 14.3. The molecule has 8 nitrogen and oxygen atoms in total. The van der Waals surface area contributed by atoms with Crippen LogP contribution in [0.25, 0.3) is 0 Å². The number of H-pyrrole nitrogens is 1. The molecule has 1 N–H and O–H groups in total. The molecule has 0 radical (unpaired) electrons. The molecule has 0 spiro atoms. The van der Waals surface area contributed by atoms with Crippen molar-refractivity contribution in [3.63, 3.8) is 0 Å². The zero-order valence-electron chi connectivity index (χ0n) is 14.0. The third-order valence-electron chi connectivity index (χ3n) is 4.10. The van der Waals surface area contributed by atoms with Crippen molar-refractivity contribution in [3.8, 4) is 0 Å². The van der Waals surface area contributed by atoms with Gasteiger partial charge in [0, 0.05) is 36.9 Å². The molecule has 9 heteroatoms. The Morgan fingerprint density at radius 2 is 2.08 bits per heavy atom. The molecule has 0 saturated heterocycles. The smallest absolute Gasteiger partial charge is 0.266 e. The first-order valence-corrected chi connectivity index (χ1v) is 9.43. The number of nitrogens with one attached hydrogen (secondary N) is 1. The van der Waals surface area contributed by atoms with Gasteiger partial charge in [0.1, 0.15) is 12.3 Å². The molecule has 0 saturated carbocycles. The third kappa shape index (κ3) is 3.02.